The van der Waals surface area contributed by atoms with Crippen LogP contribution < -0.4 is 0 Å². The summed E-state index contributed by atoms with van der Waals surface area (Å²) in [6.07, 6.45) is 8.88. The predicted molar refractivity (Wildman–Crippen MR) is 73.2 cm³/mol. The molecule has 2 nitrogen and oxygen atoms in total. The van der Waals surface area contributed by atoms with Gasteiger partial charge in [-0.15, -0.1) is 0 Å². The lowest BCUT2D eigenvalue weighted by atomic mass is 9.61. The van der Waals surface area contributed by atoms with Gasteiger partial charge in [0.15, 0.2) is 5.78 Å². The van der Waals surface area contributed by atoms with Gasteiger partial charge in [0.2, 0.25) is 0 Å². The van der Waals surface area contributed by atoms with Crippen LogP contribution in [-0.2, 0) is 4.79 Å². The second-order valence-corrected chi connectivity index (χ2v) is 5.65. The third kappa shape index (κ3) is 1.99. The molecule has 1 N–H and O–H groups in total. The van der Waals surface area contributed by atoms with Crippen molar-refractivity contribution in [1.82, 2.24) is 0 Å². The van der Waals surface area contributed by atoms with Crippen molar-refractivity contribution in [2.45, 2.75) is 52.6 Å². The van der Waals surface area contributed by atoms with E-state index in [4.69, 9.17) is 0 Å². The Balaban J connectivity index is 2.48. The average Bonchev–Trinajstić information content (AvgIpc) is 2.35. The Morgan fingerprint density at radius 1 is 1.44 bits per heavy atom. The number of carbonyl (C=O) groups excluding carboxylic acids is 1. The Kier molecular flexibility index (Phi) is 3.58. The highest BCUT2D eigenvalue weighted by Crippen LogP contribution is 2.50. The Bertz CT molecular complexity index is 454. The molecule has 0 bridgehead atoms. The molecule has 0 aromatic heterocycles. The molecule has 18 heavy (non-hydrogen) atoms. The molecule has 0 heterocycles. The minimum absolute atomic E-state index is 0.162. The zero-order chi connectivity index (χ0) is 13.3. The van der Waals surface area contributed by atoms with E-state index in [1.54, 1.807) is 0 Å². The highest BCUT2D eigenvalue weighted by Gasteiger charge is 2.45. The second kappa shape index (κ2) is 4.85. The van der Waals surface area contributed by atoms with Crippen molar-refractivity contribution in [3.63, 3.8) is 0 Å². The highest BCUT2D eigenvalue weighted by atomic mass is 16.3. The first-order valence-electron chi connectivity index (χ1n) is 6.75. The summed E-state index contributed by atoms with van der Waals surface area (Å²) in [5, 5.41) is 10.3. The third-order valence-corrected chi connectivity index (χ3v) is 4.46. The van der Waals surface area contributed by atoms with Crippen LogP contribution in [0.15, 0.2) is 34.9 Å². The van der Waals surface area contributed by atoms with Gasteiger partial charge in [0.1, 0.15) is 0 Å². The van der Waals surface area contributed by atoms with Gasteiger partial charge in [0.25, 0.3) is 0 Å². The molecule has 2 rings (SSSR count). The molecule has 2 heteroatoms. The third-order valence-electron chi connectivity index (χ3n) is 4.46. The normalized spacial score (nSPS) is 35.4. The van der Waals surface area contributed by atoms with Gasteiger partial charge in [0.05, 0.1) is 6.10 Å². The van der Waals surface area contributed by atoms with Crippen LogP contribution in [0.5, 0.6) is 0 Å². The number of hydrogen-bond donors (Lipinski definition) is 1. The number of carbonyl (C=O) groups is 1. The van der Waals surface area contributed by atoms with E-state index in [0.29, 0.717) is 6.42 Å². The van der Waals surface area contributed by atoms with E-state index in [-0.39, 0.29) is 17.3 Å². The van der Waals surface area contributed by atoms with E-state index in [2.05, 4.69) is 6.92 Å². The number of rotatable bonds is 1. The SMILES string of the molecule is CC=CC=C1C[C@@]2(C)C(=C(C)C1=O)CCC[C@@H]2O. The van der Waals surface area contributed by atoms with Gasteiger partial charge in [-0.05, 0) is 45.1 Å². The maximum absolute atomic E-state index is 12.3. The molecular weight excluding hydrogens is 224 g/mol. The molecule has 0 aliphatic heterocycles. The minimum Gasteiger partial charge on any atom is -0.392 e. The van der Waals surface area contributed by atoms with E-state index in [1.807, 2.05) is 32.1 Å². The summed E-state index contributed by atoms with van der Waals surface area (Å²) in [6, 6.07) is 0. The van der Waals surface area contributed by atoms with Crippen LogP contribution in [0.4, 0.5) is 0 Å². The zero-order valence-electron chi connectivity index (χ0n) is 11.5. The second-order valence-electron chi connectivity index (χ2n) is 5.65. The maximum Gasteiger partial charge on any atom is 0.184 e. The Labute approximate surface area is 109 Å². The van der Waals surface area contributed by atoms with E-state index >= 15 is 0 Å². The lowest BCUT2D eigenvalue weighted by molar-refractivity contribution is -0.113. The van der Waals surface area contributed by atoms with Crippen LogP contribution in [0, 0.1) is 5.41 Å². The van der Waals surface area contributed by atoms with Crippen molar-refractivity contribution in [3.8, 4) is 0 Å². The summed E-state index contributed by atoms with van der Waals surface area (Å²) in [6.45, 7) is 5.96. The van der Waals surface area contributed by atoms with E-state index in [1.165, 1.54) is 5.57 Å². The van der Waals surface area contributed by atoms with Crippen LogP contribution >= 0.6 is 0 Å². The number of allylic oxidation sites excluding steroid dienone is 5. The number of aliphatic hydroxyl groups is 1. The van der Waals surface area contributed by atoms with E-state index < -0.39 is 0 Å². The summed E-state index contributed by atoms with van der Waals surface area (Å²) >= 11 is 0. The first kappa shape index (κ1) is 13.3. The minimum atomic E-state index is -0.321. The fourth-order valence-electron chi connectivity index (χ4n) is 3.32. The quantitative estimate of drug-likeness (QED) is 0.721. The van der Waals surface area contributed by atoms with Crippen molar-refractivity contribution < 1.29 is 9.90 Å². The molecule has 98 valence electrons. The maximum atomic E-state index is 12.3. The van der Waals surface area contributed by atoms with Gasteiger partial charge in [0, 0.05) is 11.0 Å². The van der Waals surface area contributed by atoms with Gasteiger partial charge in [-0.2, -0.15) is 0 Å². The van der Waals surface area contributed by atoms with Crippen molar-refractivity contribution in [1.29, 1.82) is 0 Å². The summed E-state index contributed by atoms with van der Waals surface area (Å²) in [5.74, 6) is 0.162. The molecule has 2 atom stereocenters. The molecule has 0 aromatic rings. The first-order valence-corrected chi connectivity index (χ1v) is 6.75. The van der Waals surface area contributed by atoms with Crippen LogP contribution in [0.25, 0.3) is 0 Å². The smallest absolute Gasteiger partial charge is 0.184 e. The lowest BCUT2D eigenvalue weighted by Gasteiger charge is -2.45. The monoisotopic (exact) mass is 246 g/mol. The van der Waals surface area contributed by atoms with Crippen molar-refractivity contribution in [2.75, 3.05) is 0 Å². The largest absolute Gasteiger partial charge is 0.392 e. The van der Waals surface area contributed by atoms with Crippen molar-refractivity contribution in [3.05, 3.63) is 34.9 Å². The Hall–Kier alpha value is -1.15. The summed E-state index contributed by atoms with van der Waals surface area (Å²) < 4.78 is 0. The fourth-order valence-corrected chi connectivity index (χ4v) is 3.32. The lowest BCUT2D eigenvalue weighted by Crippen LogP contribution is -2.42. The van der Waals surface area contributed by atoms with E-state index in [9.17, 15) is 9.90 Å². The molecule has 2 aliphatic carbocycles. The summed E-state index contributed by atoms with van der Waals surface area (Å²) in [4.78, 5) is 12.3. The van der Waals surface area contributed by atoms with Crippen LogP contribution in [0.2, 0.25) is 0 Å². The van der Waals surface area contributed by atoms with E-state index in [0.717, 1.165) is 30.4 Å². The zero-order valence-corrected chi connectivity index (χ0v) is 11.5. The molecular formula is C16H22O2. The molecule has 0 amide bonds. The summed E-state index contributed by atoms with van der Waals surface area (Å²) in [5.41, 5.74) is 2.64. The van der Waals surface area contributed by atoms with Gasteiger partial charge >= 0.3 is 0 Å². The number of ketones is 1. The van der Waals surface area contributed by atoms with Gasteiger partial charge in [-0.1, -0.05) is 30.7 Å². The molecule has 0 aromatic carbocycles. The number of hydrogen-bond acceptors (Lipinski definition) is 2. The predicted octanol–water partition coefficient (Wildman–Crippen LogP) is 3.33. The summed E-state index contributed by atoms with van der Waals surface area (Å²) in [7, 11) is 0. The molecule has 2 aliphatic rings. The van der Waals surface area contributed by atoms with Gasteiger partial charge < -0.3 is 5.11 Å². The fraction of sp³-hybridized carbons (Fsp3) is 0.562. The van der Waals surface area contributed by atoms with Crippen molar-refractivity contribution >= 4 is 5.78 Å². The number of Topliss-reactive ketones (excluding diaryl/α,β-unsaturated/α-hetero) is 1. The van der Waals surface area contributed by atoms with Gasteiger partial charge in [-0.3, -0.25) is 4.79 Å². The molecule has 0 radical (unpaired) electrons. The van der Waals surface area contributed by atoms with Gasteiger partial charge in [-0.25, -0.2) is 0 Å². The number of fused-ring (bicyclic) bond motifs is 1. The highest BCUT2D eigenvalue weighted by molar-refractivity contribution is 6.09. The molecule has 1 saturated carbocycles. The molecule has 0 saturated heterocycles. The van der Waals surface area contributed by atoms with Crippen LogP contribution in [-0.4, -0.2) is 17.0 Å². The van der Waals surface area contributed by atoms with Crippen LogP contribution in [0.3, 0.4) is 0 Å². The first-order chi connectivity index (χ1) is 8.50. The Morgan fingerprint density at radius 3 is 2.83 bits per heavy atom. The Morgan fingerprint density at radius 2 is 2.17 bits per heavy atom. The number of aliphatic hydroxyl groups excluding tert-OH is 1. The molecule has 1 fully saturated rings. The van der Waals surface area contributed by atoms with Crippen molar-refractivity contribution in [2.24, 2.45) is 5.41 Å². The molecule has 0 spiro atoms. The van der Waals surface area contributed by atoms with Crippen LogP contribution in [0.1, 0.15) is 46.5 Å². The molecule has 0 unspecified atom stereocenters. The standard InChI is InChI=1S/C16H22O2/c1-4-5-7-12-10-16(3)13(11(2)15(12)18)8-6-9-14(16)17/h4-5,7,14,17H,6,8-10H2,1-3H3/t14-,16-/m0/s1. The average molecular weight is 246 g/mol. The topological polar surface area (TPSA) is 37.3 Å².